The lowest BCUT2D eigenvalue weighted by molar-refractivity contribution is 0.0685. The molecule has 1 unspecified atom stereocenters. The standard InChI is InChI=1S/C12H30O6SSi2/c1-7-16-21(17-8-2,18-9-3)12(19)10-11-20(13-4,14-5)15-6/h12,19H,7-11H2,1-6H3. The van der Waals surface area contributed by atoms with Crippen LogP contribution >= 0.6 is 12.6 Å². The summed E-state index contributed by atoms with van der Waals surface area (Å²) in [5, 5.41) is 0. The molecule has 0 aliphatic rings. The van der Waals surface area contributed by atoms with Crippen molar-refractivity contribution in [3.05, 3.63) is 0 Å². The molecule has 0 bridgehead atoms. The van der Waals surface area contributed by atoms with Gasteiger partial charge in [-0.3, -0.25) is 0 Å². The Morgan fingerprint density at radius 2 is 1.19 bits per heavy atom. The van der Waals surface area contributed by atoms with Crippen molar-refractivity contribution in [2.45, 2.75) is 38.1 Å². The van der Waals surface area contributed by atoms with Crippen LogP contribution in [0.15, 0.2) is 0 Å². The second-order valence-electron chi connectivity index (χ2n) is 4.25. The van der Waals surface area contributed by atoms with Gasteiger partial charge in [0, 0.05) is 47.2 Å². The summed E-state index contributed by atoms with van der Waals surface area (Å²) < 4.78 is 33.8. The Kier molecular flexibility index (Phi) is 11.4. The quantitative estimate of drug-likeness (QED) is 0.402. The van der Waals surface area contributed by atoms with E-state index in [1.54, 1.807) is 21.3 Å². The molecule has 0 amide bonds. The van der Waals surface area contributed by atoms with Gasteiger partial charge in [-0.15, -0.1) is 0 Å². The first-order valence-corrected chi connectivity index (χ1v) is 11.5. The van der Waals surface area contributed by atoms with Gasteiger partial charge in [-0.2, -0.15) is 12.6 Å². The van der Waals surface area contributed by atoms with Crippen molar-refractivity contribution >= 4 is 30.2 Å². The molecule has 21 heavy (non-hydrogen) atoms. The average molecular weight is 359 g/mol. The number of hydrogen-bond donors (Lipinski definition) is 1. The number of rotatable bonds is 13. The SMILES string of the molecule is CCO[Si](OCC)(OCC)C(S)CC[Si](OC)(OC)OC. The van der Waals surface area contributed by atoms with Crippen LogP contribution in [0.4, 0.5) is 0 Å². The first kappa shape index (κ1) is 21.5. The Morgan fingerprint density at radius 1 is 0.810 bits per heavy atom. The van der Waals surface area contributed by atoms with Gasteiger partial charge in [-0.05, 0) is 27.2 Å². The lowest BCUT2D eigenvalue weighted by Crippen LogP contribution is -2.55. The Balaban J connectivity index is 4.90. The van der Waals surface area contributed by atoms with E-state index in [4.69, 9.17) is 26.6 Å². The van der Waals surface area contributed by atoms with E-state index in [0.29, 0.717) is 32.3 Å². The largest absolute Gasteiger partial charge is 0.514 e. The Labute approximate surface area is 136 Å². The van der Waals surface area contributed by atoms with Crippen LogP contribution in [0, 0.1) is 0 Å². The lowest BCUT2D eigenvalue weighted by Gasteiger charge is -2.34. The van der Waals surface area contributed by atoms with Crippen LogP contribution in [0.5, 0.6) is 0 Å². The summed E-state index contributed by atoms with van der Waals surface area (Å²) in [7, 11) is -0.632. The first-order chi connectivity index (χ1) is 9.99. The van der Waals surface area contributed by atoms with Crippen LogP contribution in [0.1, 0.15) is 27.2 Å². The third-order valence-electron chi connectivity index (χ3n) is 3.10. The molecule has 128 valence electrons. The molecule has 0 aromatic heterocycles. The topological polar surface area (TPSA) is 55.4 Å². The molecule has 0 saturated carbocycles. The molecule has 0 radical (unpaired) electrons. The summed E-state index contributed by atoms with van der Waals surface area (Å²) in [5.74, 6) is 0. The predicted molar refractivity (Wildman–Crippen MR) is 89.6 cm³/mol. The lowest BCUT2D eigenvalue weighted by atomic mass is 10.6. The molecule has 0 fully saturated rings. The van der Waals surface area contributed by atoms with E-state index >= 15 is 0 Å². The maximum Gasteiger partial charge on any atom is 0.514 e. The Bertz CT molecular complexity index is 243. The highest BCUT2D eigenvalue weighted by Crippen LogP contribution is 2.27. The third-order valence-corrected chi connectivity index (χ3v) is 10.3. The van der Waals surface area contributed by atoms with Crippen LogP contribution in [0.3, 0.4) is 0 Å². The van der Waals surface area contributed by atoms with Crippen molar-refractivity contribution in [1.29, 1.82) is 0 Å². The molecule has 6 nitrogen and oxygen atoms in total. The first-order valence-electron chi connectivity index (χ1n) is 7.25. The van der Waals surface area contributed by atoms with Crippen LogP contribution in [0.2, 0.25) is 6.04 Å². The molecule has 0 aromatic carbocycles. The minimum atomic E-state index is -2.82. The summed E-state index contributed by atoms with van der Waals surface area (Å²) in [4.78, 5) is -0.148. The van der Waals surface area contributed by atoms with Gasteiger partial charge in [-0.1, -0.05) is 0 Å². The van der Waals surface area contributed by atoms with Gasteiger partial charge in [0.1, 0.15) is 0 Å². The smallest absolute Gasteiger partial charge is 0.377 e. The van der Waals surface area contributed by atoms with Gasteiger partial charge < -0.3 is 26.6 Å². The molecule has 1 atom stereocenters. The van der Waals surface area contributed by atoms with E-state index < -0.39 is 17.6 Å². The molecular weight excluding hydrogens is 328 g/mol. The second-order valence-corrected chi connectivity index (χ2v) is 11.2. The van der Waals surface area contributed by atoms with Gasteiger partial charge in [0.2, 0.25) is 0 Å². The van der Waals surface area contributed by atoms with E-state index in [1.165, 1.54) is 0 Å². The van der Waals surface area contributed by atoms with E-state index in [0.717, 1.165) is 0 Å². The van der Waals surface area contributed by atoms with Gasteiger partial charge in [-0.25, -0.2) is 0 Å². The summed E-state index contributed by atoms with van der Waals surface area (Å²) in [6.45, 7) is 7.39. The van der Waals surface area contributed by atoms with E-state index in [9.17, 15) is 0 Å². The summed E-state index contributed by atoms with van der Waals surface area (Å²) in [6, 6.07) is 0.632. The molecule has 0 aliphatic carbocycles. The van der Waals surface area contributed by atoms with E-state index in [2.05, 4.69) is 12.6 Å². The highest BCUT2D eigenvalue weighted by molar-refractivity contribution is 7.83. The van der Waals surface area contributed by atoms with Crippen molar-refractivity contribution in [3.8, 4) is 0 Å². The normalized spacial score (nSPS) is 14.4. The molecular formula is C12H30O6SSi2. The van der Waals surface area contributed by atoms with Crippen LogP contribution < -0.4 is 0 Å². The van der Waals surface area contributed by atoms with Crippen LogP contribution in [0.25, 0.3) is 0 Å². The van der Waals surface area contributed by atoms with Gasteiger partial charge in [0.05, 0.1) is 4.87 Å². The van der Waals surface area contributed by atoms with Gasteiger partial charge >= 0.3 is 17.6 Å². The van der Waals surface area contributed by atoms with Gasteiger partial charge in [0.25, 0.3) is 0 Å². The van der Waals surface area contributed by atoms with Crippen molar-refractivity contribution in [2.75, 3.05) is 41.2 Å². The van der Waals surface area contributed by atoms with Crippen molar-refractivity contribution in [2.24, 2.45) is 0 Å². The zero-order valence-electron chi connectivity index (χ0n) is 14.0. The fraction of sp³-hybridized carbons (Fsp3) is 1.00. The second kappa shape index (κ2) is 11.1. The van der Waals surface area contributed by atoms with Crippen molar-refractivity contribution < 1.29 is 26.6 Å². The Hall–Kier alpha value is 0.544. The minimum Gasteiger partial charge on any atom is -0.377 e. The van der Waals surface area contributed by atoms with Gasteiger partial charge in [0.15, 0.2) is 0 Å². The maximum absolute atomic E-state index is 5.85. The zero-order chi connectivity index (χ0) is 16.4. The van der Waals surface area contributed by atoms with E-state index in [-0.39, 0.29) is 4.87 Å². The molecule has 0 rings (SSSR count). The van der Waals surface area contributed by atoms with Crippen molar-refractivity contribution in [1.82, 2.24) is 0 Å². The number of thiol groups is 1. The van der Waals surface area contributed by atoms with E-state index in [1.807, 2.05) is 20.8 Å². The summed E-state index contributed by atoms with van der Waals surface area (Å²) in [6.07, 6.45) is 0.678. The zero-order valence-corrected chi connectivity index (χ0v) is 16.9. The molecule has 0 spiro atoms. The summed E-state index contributed by atoms with van der Waals surface area (Å²) in [5.41, 5.74) is 0. The third kappa shape index (κ3) is 6.28. The molecule has 9 heteroatoms. The summed E-state index contributed by atoms with van der Waals surface area (Å²) >= 11 is 4.68. The highest BCUT2D eigenvalue weighted by atomic mass is 32.1. The minimum absolute atomic E-state index is 0.148. The van der Waals surface area contributed by atoms with Crippen molar-refractivity contribution in [3.63, 3.8) is 0 Å². The predicted octanol–water partition coefficient (Wildman–Crippen LogP) is 2.14. The fourth-order valence-electron chi connectivity index (χ4n) is 2.06. The monoisotopic (exact) mass is 358 g/mol. The molecule has 0 N–H and O–H groups in total. The van der Waals surface area contributed by atoms with Crippen LogP contribution in [-0.4, -0.2) is 63.6 Å². The number of hydrogen-bond acceptors (Lipinski definition) is 7. The molecule has 0 aliphatic heterocycles. The average Bonchev–Trinajstić information content (AvgIpc) is 2.49. The Morgan fingerprint density at radius 3 is 1.48 bits per heavy atom. The molecule has 0 heterocycles. The molecule has 0 aromatic rings. The van der Waals surface area contributed by atoms with Crippen LogP contribution in [-0.2, 0) is 26.6 Å². The maximum atomic E-state index is 5.85. The molecule has 0 saturated heterocycles. The highest BCUT2D eigenvalue weighted by Gasteiger charge is 2.49. The fourth-order valence-corrected chi connectivity index (χ4v) is 7.68.